The Morgan fingerprint density at radius 2 is 2.28 bits per heavy atom. The van der Waals surface area contributed by atoms with Gasteiger partial charge in [0.05, 0.1) is 0 Å². The van der Waals surface area contributed by atoms with Crippen LogP contribution in [0.5, 0.6) is 0 Å². The number of piperidine rings is 1. The van der Waals surface area contributed by atoms with E-state index in [1.54, 1.807) is 0 Å². The summed E-state index contributed by atoms with van der Waals surface area (Å²) in [5.41, 5.74) is 7.19. The molecule has 2 N–H and O–H groups in total. The van der Waals surface area contributed by atoms with Crippen LogP contribution in [0.2, 0.25) is 0 Å². The Morgan fingerprint density at radius 3 is 2.94 bits per heavy atom. The number of likely N-dealkylation sites (N-methyl/N-ethyl adjacent to an activating group) is 1. The average molecular weight is 248 g/mol. The highest BCUT2D eigenvalue weighted by Gasteiger charge is 2.24. The molecular formula is C14H24N4. The number of anilines is 1. The van der Waals surface area contributed by atoms with Gasteiger partial charge in [-0.1, -0.05) is 6.07 Å². The summed E-state index contributed by atoms with van der Waals surface area (Å²) in [6.45, 7) is 4.15. The lowest BCUT2D eigenvalue weighted by molar-refractivity contribution is 0.257. The van der Waals surface area contributed by atoms with Crippen molar-refractivity contribution in [1.29, 1.82) is 0 Å². The Morgan fingerprint density at radius 1 is 1.50 bits per heavy atom. The minimum absolute atomic E-state index is 0.0356. The van der Waals surface area contributed by atoms with Crippen molar-refractivity contribution in [2.45, 2.75) is 31.8 Å². The van der Waals surface area contributed by atoms with E-state index in [2.05, 4.69) is 34.9 Å². The molecule has 0 amide bonds. The van der Waals surface area contributed by atoms with Crippen molar-refractivity contribution in [3.63, 3.8) is 0 Å². The third-order valence-corrected chi connectivity index (χ3v) is 3.73. The van der Waals surface area contributed by atoms with Gasteiger partial charge in [0.1, 0.15) is 5.82 Å². The zero-order valence-electron chi connectivity index (χ0n) is 11.6. The number of rotatable bonds is 3. The van der Waals surface area contributed by atoms with Crippen LogP contribution in [0, 0.1) is 0 Å². The summed E-state index contributed by atoms with van der Waals surface area (Å²) in [5, 5.41) is 0. The van der Waals surface area contributed by atoms with Gasteiger partial charge in [-0.25, -0.2) is 4.98 Å². The van der Waals surface area contributed by atoms with E-state index in [1.807, 2.05) is 19.2 Å². The highest BCUT2D eigenvalue weighted by molar-refractivity contribution is 5.48. The zero-order valence-corrected chi connectivity index (χ0v) is 11.6. The molecule has 1 aromatic rings. The van der Waals surface area contributed by atoms with E-state index in [9.17, 15) is 0 Å². The Labute approximate surface area is 110 Å². The molecule has 1 saturated heterocycles. The summed E-state index contributed by atoms with van der Waals surface area (Å²) in [6.07, 6.45) is 4.35. The van der Waals surface area contributed by atoms with Crippen LogP contribution >= 0.6 is 0 Å². The van der Waals surface area contributed by atoms with E-state index in [0.29, 0.717) is 6.04 Å². The third kappa shape index (κ3) is 2.82. The fourth-order valence-corrected chi connectivity index (χ4v) is 2.60. The van der Waals surface area contributed by atoms with E-state index in [4.69, 9.17) is 5.73 Å². The molecule has 2 heterocycles. The quantitative estimate of drug-likeness (QED) is 0.883. The standard InChI is InChI=1S/C14H24N4/c1-11(15)13-7-4-8-16-14(13)18-9-5-6-12(10-18)17(2)3/h4,7-8,11-12H,5-6,9-10,15H2,1-3H3/t11-,12?/m1/s1. The van der Waals surface area contributed by atoms with Crippen LogP contribution in [0.3, 0.4) is 0 Å². The number of hydrogen-bond acceptors (Lipinski definition) is 4. The minimum atomic E-state index is 0.0356. The molecule has 0 saturated carbocycles. The normalized spacial score (nSPS) is 22.3. The van der Waals surface area contributed by atoms with Crippen LogP contribution in [0.25, 0.3) is 0 Å². The summed E-state index contributed by atoms with van der Waals surface area (Å²) >= 11 is 0. The largest absolute Gasteiger partial charge is 0.355 e. The maximum absolute atomic E-state index is 6.04. The molecule has 0 bridgehead atoms. The molecular weight excluding hydrogens is 224 g/mol. The van der Waals surface area contributed by atoms with Gasteiger partial charge in [0.2, 0.25) is 0 Å². The molecule has 1 unspecified atom stereocenters. The molecule has 2 atom stereocenters. The average Bonchev–Trinajstić information content (AvgIpc) is 2.39. The number of hydrogen-bond donors (Lipinski definition) is 1. The maximum atomic E-state index is 6.04. The SMILES string of the molecule is C[C@@H](N)c1cccnc1N1CCCC(N(C)C)C1. The van der Waals surface area contributed by atoms with Gasteiger partial charge in [0, 0.05) is 36.9 Å². The Hall–Kier alpha value is -1.13. The first-order valence-corrected chi connectivity index (χ1v) is 6.71. The molecule has 1 aliphatic rings. The first kappa shape index (κ1) is 13.3. The van der Waals surface area contributed by atoms with Crippen molar-refractivity contribution in [2.24, 2.45) is 5.73 Å². The van der Waals surface area contributed by atoms with Crippen LogP contribution in [-0.2, 0) is 0 Å². The summed E-state index contributed by atoms with van der Waals surface area (Å²) in [4.78, 5) is 9.23. The summed E-state index contributed by atoms with van der Waals surface area (Å²) < 4.78 is 0. The van der Waals surface area contributed by atoms with Crippen molar-refractivity contribution in [2.75, 3.05) is 32.1 Å². The molecule has 0 aliphatic carbocycles. The molecule has 0 radical (unpaired) electrons. The van der Waals surface area contributed by atoms with Gasteiger partial charge in [-0.3, -0.25) is 0 Å². The second kappa shape index (κ2) is 5.67. The summed E-state index contributed by atoms with van der Waals surface area (Å²) in [5.74, 6) is 1.07. The molecule has 1 fully saturated rings. The maximum Gasteiger partial charge on any atom is 0.133 e. The molecule has 1 aromatic heterocycles. The zero-order chi connectivity index (χ0) is 13.1. The first-order chi connectivity index (χ1) is 8.59. The number of aromatic nitrogens is 1. The predicted octanol–water partition coefficient (Wildman–Crippen LogP) is 1.63. The molecule has 4 nitrogen and oxygen atoms in total. The lowest BCUT2D eigenvalue weighted by atomic mass is 10.0. The fourth-order valence-electron chi connectivity index (χ4n) is 2.60. The van der Waals surface area contributed by atoms with Crippen molar-refractivity contribution >= 4 is 5.82 Å². The van der Waals surface area contributed by atoms with E-state index < -0.39 is 0 Å². The highest BCUT2D eigenvalue weighted by atomic mass is 15.2. The van der Waals surface area contributed by atoms with Gasteiger partial charge in [-0.2, -0.15) is 0 Å². The Balaban J connectivity index is 2.20. The lowest BCUT2D eigenvalue weighted by Gasteiger charge is -2.37. The second-order valence-corrected chi connectivity index (χ2v) is 5.41. The second-order valence-electron chi connectivity index (χ2n) is 5.41. The molecule has 1 aliphatic heterocycles. The molecule has 18 heavy (non-hydrogen) atoms. The van der Waals surface area contributed by atoms with Crippen LogP contribution in [0.4, 0.5) is 5.82 Å². The van der Waals surface area contributed by atoms with E-state index in [-0.39, 0.29) is 6.04 Å². The van der Waals surface area contributed by atoms with Crippen LogP contribution < -0.4 is 10.6 Å². The van der Waals surface area contributed by atoms with Gasteiger partial charge in [-0.15, -0.1) is 0 Å². The summed E-state index contributed by atoms with van der Waals surface area (Å²) in [6, 6.07) is 4.71. The van der Waals surface area contributed by atoms with Gasteiger partial charge in [0.25, 0.3) is 0 Å². The monoisotopic (exact) mass is 248 g/mol. The number of pyridine rings is 1. The molecule has 0 spiro atoms. The van der Waals surface area contributed by atoms with E-state index in [1.165, 1.54) is 12.8 Å². The van der Waals surface area contributed by atoms with Crippen molar-refractivity contribution in [3.05, 3.63) is 23.9 Å². The molecule has 2 rings (SSSR count). The van der Waals surface area contributed by atoms with E-state index in [0.717, 1.165) is 24.5 Å². The van der Waals surface area contributed by atoms with Gasteiger partial charge in [0.15, 0.2) is 0 Å². The number of nitrogens with two attached hydrogens (primary N) is 1. The van der Waals surface area contributed by atoms with Gasteiger partial charge < -0.3 is 15.5 Å². The van der Waals surface area contributed by atoms with Crippen molar-refractivity contribution < 1.29 is 0 Å². The Bertz CT molecular complexity index is 389. The topological polar surface area (TPSA) is 45.4 Å². The van der Waals surface area contributed by atoms with Crippen LogP contribution in [0.1, 0.15) is 31.4 Å². The van der Waals surface area contributed by atoms with Crippen molar-refractivity contribution in [3.8, 4) is 0 Å². The summed E-state index contributed by atoms with van der Waals surface area (Å²) in [7, 11) is 4.30. The van der Waals surface area contributed by atoms with Gasteiger partial charge >= 0.3 is 0 Å². The predicted molar refractivity (Wildman–Crippen MR) is 75.8 cm³/mol. The first-order valence-electron chi connectivity index (χ1n) is 6.71. The molecule has 4 heteroatoms. The smallest absolute Gasteiger partial charge is 0.133 e. The van der Waals surface area contributed by atoms with Crippen LogP contribution in [-0.4, -0.2) is 43.1 Å². The lowest BCUT2D eigenvalue weighted by Crippen LogP contribution is -2.45. The highest BCUT2D eigenvalue weighted by Crippen LogP contribution is 2.26. The van der Waals surface area contributed by atoms with E-state index >= 15 is 0 Å². The van der Waals surface area contributed by atoms with Gasteiger partial charge in [-0.05, 0) is 39.9 Å². The fraction of sp³-hybridized carbons (Fsp3) is 0.643. The Kier molecular flexibility index (Phi) is 4.19. The third-order valence-electron chi connectivity index (χ3n) is 3.73. The molecule has 100 valence electrons. The molecule has 0 aromatic carbocycles. The van der Waals surface area contributed by atoms with Crippen LogP contribution in [0.15, 0.2) is 18.3 Å². The number of nitrogens with zero attached hydrogens (tertiary/aromatic N) is 3. The van der Waals surface area contributed by atoms with Crippen molar-refractivity contribution in [1.82, 2.24) is 9.88 Å². The minimum Gasteiger partial charge on any atom is -0.355 e.